The zero-order valence-corrected chi connectivity index (χ0v) is 19.5. The van der Waals surface area contributed by atoms with Gasteiger partial charge in [0.2, 0.25) is 0 Å². The topological polar surface area (TPSA) is 46.8 Å². The second-order valence-electron chi connectivity index (χ2n) is 8.96. The molecule has 1 aliphatic carbocycles. The van der Waals surface area contributed by atoms with Crippen LogP contribution in [0.2, 0.25) is 0 Å². The van der Waals surface area contributed by atoms with Crippen LogP contribution in [0.4, 0.5) is 0 Å². The van der Waals surface area contributed by atoms with Crippen LogP contribution in [0.3, 0.4) is 0 Å². The Morgan fingerprint density at radius 3 is 2.04 bits per heavy atom. The van der Waals surface area contributed by atoms with Crippen LogP contribution in [-0.2, 0) is 4.74 Å². The predicted molar refractivity (Wildman–Crippen MR) is 120 cm³/mol. The number of amidine groups is 1. The van der Waals surface area contributed by atoms with Crippen LogP contribution < -0.4 is 5.32 Å². The van der Waals surface area contributed by atoms with Crippen LogP contribution in [0.15, 0.2) is 21.5 Å². The molecule has 1 fully saturated rings. The largest absolute Gasteiger partial charge is 0.466 e. The monoisotopic (exact) mass is 392 g/mol. The molecule has 0 amide bonds. The quantitative estimate of drug-likeness (QED) is 0.625. The lowest BCUT2D eigenvalue weighted by Crippen LogP contribution is -2.28. The molecule has 1 aromatic heterocycles. The molecule has 4 heteroatoms. The summed E-state index contributed by atoms with van der Waals surface area (Å²) in [5.74, 6) is 3.78. The molecule has 0 saturated heterocycles. The molecule has 0 aromatic carbocycles. The van der Waals surface area contributed by atoms with E-state index in [0.717, 1.165) is 17.9 Å². The number of aryl methyl sites for hydroxylation is 1. The van der Waals surface area contributed by atoms with E-state index in [-0.39, 0.29) is 0 Å². The molecule has 1 aromatic rings. The third-order valence-electron chi connectivity index (χ3n) is 4.73. The molecule has 3 rings (SSSR count). The fourth-order valence-corrected chi connectivity index (χ4v) is 3.36. The van der Waals surface area contributed by atoms with E-state index in [1.807, 2.05) is 19.1 Å². The molecule has 28 heavy (non-hydrogen) atoms. The van der Waals surface area contributed by atoms with Gasteiger partial charge >= 0.3 is 0 Å². The van der Waals surface area contributed by atoms with Gasteiger partial charge in [0.1, 0.15) is 11.5 Å². The van der Waals surface area contributed by atoms with Crippen molar-refractivity contribution < 1.29 is 9.15 Å². The van der Waals surface area contributed by atoms with E-state index in [1.165, 1.54) is 37.9 Å². The molecule has 0 radical (unpaired) electrons. The van der Waals surface area contributed by atoms with E-state index in [0.29, 0.717) is 30.2 Å². The summed E-state index contributed by atoms with van der Waals surface area (Å²) < 4.78 is 11.0. The van der Waals surface area contributed by atoms with Crippen molar-refractivity contribution in [3.05, 3.63) is 23.7 Å². The zero-order chi connectivity index (χ0) is 21.1. The first-order valence-corrected chi connectivity index (χ1v) is 11.2. The average molecular weight is 393 g/mol. The van der Waals surface area contributed by atoms with Crippen molar-refractivity contribution in [2.45, 2.75) is 124 Å². The molecule has 0 spiro atoms. The average Bonchev–Trinajstić information content (AvgIpc) is 3.31. The smallest absolute Gasteiger partial charge is 0.106 e. The number of nitrogens with one attached hydrogen (secondary N) is 1. The highest BCUT2D eigenvalue weighted by Crippen LogP contribution is 2.21. The minimum atomic E-state index is 0.424. The van der Waals surface area contributed by atoms with Crippen LogP contribution in [0.1, 0.15) is 104 Å². The highest BCUT2D eigenvalue weighted by Gasteiger charge is 2.15. The van der Waals surface area contributed by atoms with Crippen molar-refractivity contribution in [1.82, 2.24) is 5.32 Å². The Labute approximate surface area is 173 Å². The van der Waals surface area contributed by atoms with E-state index < -0.39 is 0 Å². The summed E-state index contributed by atoms with van der Waals surface area (Å²) in [5.41, 5.74) is 0. The van der Waals surface area contributed by atoms with E-state index in [9.17, 15) is 0 Å². The third kappa shape index (κ3) is 10.9. The molecule has 162 valence electrons. The second-order valence-corrected chi connectivity index (χ2v) is 8.96. The van der Waals surface area contributed by atoms with Gasteiger partial charge in [0.15, 0.2) is 0 Å². The molecule has 2 heterocycles. The van der Waals surface area contributed by atoms with Crippen molar-refractivity contribution in [2.75, 3.05) is 0 Å². The highest BCUT2D eigenvalue weighted by atomic mass is 16.5. The summed E-state index contributed by atoms with van der Waals surface area (Å²) in [6.45, 7) is 16.9. The summed E-state index contributed by atoms with van der Waals surface area (Å²) >= 11 is 0. The van der Waals surface area contributed by atoms with Gasteiger partial charge < -0.3 is 14.5 Å². The summed E-state index contributed by atoms with van der Waals surface area (Å²) in [4.78, 5) is 4.43. The third-order valence-corrected chi connectivity index (χ3v) is 4.73. The van der Waals surface area contributed by atoms with Gasteiger partial charge in [-0.3, -0.25) is 4.99 Å². The van der Waals surface area contributed by atoms with Gasteiger partial charge in [-0.05, 0) is 72.9 Å². The molecule has 1 aliphatic heterocycles. The summed E-state index contributed by atoms with van der Waals surface area (Å²) in [6.07, 6.45) is 8.69. The van der Waals surface area contributed by atoms with Crippen LogP contribution >= 0.6 is 0 Å². The first-order valence-electron chi connectivity index (χ1n) is 11.2. The second kappa shape index (κ2) is 13.0. The van der Waals surface area contributed by atoms with E-state index in [1.54, 1.807) is 0 Å². The van der Waals surface area contributed by atoms with Crippen LogP contribution in [0.5, 0.6) is 0 Å². The van der Waals surface area contributed by atoms with Crippen molar-refractivity contribution in [3.8, 4) is 0 Å². The first kappa shape index (κ1) is 24.7. The standard InChI is InChI=1S/C8H16N2.C8H12O.C8H16O/c1-6(2)9-8-5-4-7(3)10-8;1-6(2)8-5-4-7(3)9-8;1-7(2)9-8-5-3-4-6-8/h6-7H,4-5H2,1-3H3,(H,9,10);4-6H,1-3H3;7-8H,3-6H2,1-2H3. The maximum absolute atomic E-state index is 5.61. The van der Waals surface area contributed by atoms with Gasteiger partial charge in [0.05, 0.1) is 18.0 Å². The first-order chi connectivity index (χ1) is 13.2. The lowest BCUT2D eigenvalue weighted by Gasteiger charge is -2.13. The normalized spacial score (nSPS) is 19.4. The molecule has 2 aliphatic rings. The number of hydrogen-bond donors (Lipinski definition) is 1. The molecule has 0 bridgehead atoms. The Balaban J connectivity index is 0.000000210. The number of rotatable bonds is 4. The Morgan fingerprint density at radius 1 is 1.04 bits per heavy atom. The number of aliphatic imine (C=N–C) groups is 1. The maximum Gasteiger partial charge on any atom is 0.106 e. The Bertz CT molecular complexity index is 555. The van der Waals surface area contributed by atoms with Crippen molar-refractivity contribution >= 4 is 5.84 Å². The number of hydrogen-bond acceptors (Lipinski definition) is 4. The lowest BCUT2D eigenvalue weighted by molar-refractivity contribution is 0.0126. The predicted octanol–water partition coefficient (Wildman–Crippen LogP) is 6.63. The van der Waals surface area contributed by atoms with E-state index >= 15 is 0 Å². The fourth-order valence-electron chi connectivity index (χ4n) is 3.36. The molecule has 1 unspecified atom stereocenters. The molecule has 4 nitrogen and oxygen atoms in total. The van der Waals surface area contributed by atoms with Crippen molar-refractivity contribution in [1.29, 1.82) is 0 Å². The van der Waals surface area contributed by atoms with Gasteiger partial charge in [-0.25, -0.2) is 0 Å². The number of nitrogens with zero attached hydrogens (tertiary/aromatic N) is 1. The van der Waals surface area contributed by atoms with Gasteiger partial charge in [-0.1, -0.05) is 26.7 Å². The molecular weight excluding hydrogens is 348 g/mol. The SMILES string of the molecule is CC(C)OC1CCCC1.CC1CCC(NC(C)C)=N1.Cc1ccc(C(C)C)o1. The highest BCUT2D eigenvalue weighted by molar-refractivity contribution is 5.84. The summed E-state index contributed by atoms with van der Waals surface area (Å²) in [5, 5.41) is 3.32. The molecule has 1 atom stereocenters. The minimum absolute atomic E-state index is 0.424. The van der Waals surface area contributed by atoms with Crippen molar-refractivity contribution in [3.63, 3.8) is 0 Å². The molecular formula is C24H44N2O2. The molecule has 1 saturated carbocycles. The minimum Gasteiger partial charge on any atom is -0.466 e. The van der Waals surface area contributed by atoms with Crippen LogP contribution in [-0.4, -0.2) is 30.1 Å². The van der Waals surface area contributed by atoms with E-state index in [4.69, 9.17) is 9.15 Å². The van der Waals surface area contributed by atoms with Crippen LogP contribution in [0.25, 0.3) is 0 Å². The summed E-state index contributed by atoms with van der Waals surface area (Å²) in [6, 6.07) is 5.10. The fraction of sp³-hybridized carbons (Fsp3) is 0.792. The van der Waals surface area contributed by atoms with Crippen molar-refractivity contribution in [2.24, 2.45) is 4.99 Å². The Morgan fingerprint density at radius 2 is 1.68 bits per heavy atom. The number of ether oxygens (including phenoxy) is 1. The van der Waals surface area contributed by atoms with Gasteiger partial charge in [-0.2, -0.15) is 0 Å². The number of furan rings is 1. The summed E-state index contributed by atoms with van der Waals surface area (Å²) in [7, 11) is 0. The lowest BCUT2D eigenvalue weighted by atomic mass is 10.2. The van der Waals surface area contributed by atoms with Crippen LogP contribution in [0, 0.1) is 6.92 Å². The van der Waals surface area contributed by atoms with Gasteiger partial charge in [0.25, 0.3) is 0 Å². The Kier molecular flexibility index (Phi) is 11.5. The molecule has 1 N–H and O–H groups in total. The Hall–Kier alpha value is -1.29. The van der Waals surface area contributed by atoms with Gasteiger partial charge in [-0.15, -0.1) is 0 Å². The maximum atomic E-state index is 5.61. The zero-order valence-electron chi connectivity index (χ0n) is 19.5. The van der Waals surface area contributed by atoms with E-state index in [2.05, 4.69) is 58.8 Å². The van der Waals surface area contributed by atoms with Gasteiger partial charge in [0, 0.05) is 24.4 Å².